The standard InChI is InChI=1S/C18H23F3N2O3/c1-12(24)23-11-14(17(25)22-8-9-26-2)6-7-16(23)13-4-3-5-15(10-13)18(19,20)21/h3-5,10,14,16H,6-9,11H2,1-2H3,(H,22,25)/t14-,16-/m1/s1. The maximum atomic E-state index is 13.0. The fourth-order valence-corrected chi connectivity index (χ4v) is 3.22. The van der Waals surface area contributed by atoms with Crippen LogP contribution in [0.4, 0.5) is 13.2 Å². The molecule has 0 aliphatic carbocycles. The number of hydrogen-bond acceptors (Lipinski definition) is 3. The predicted octanol–water partition coefficient (Wildman–Crippen LogP) is 2.77. The minimum absolute atomic E-state index is 0.171. The maximum absolute atomic E-state index is 13.0. The SMILES string of the molecule is COCCNC(=O)[C@@H]1CC[C@H](c2cccc(C(F)(F)F)c2)N(C(C)=O)C1. The Morgan fingerprint density at radius 3 is 2.65 bits per heavy atom. The molecule has 0 aromatic heterocycles. The van der Waals surface area contributed by atoms with Crippen molar-refractivity contribution in [2.24, 2.45) is 5.92 Å². The first-order chi connectivity index (χ1) is 12.2. The maximum Gasteiger partial charge on any atom is 0.416 e. The van der Waals surface area contributed by atoms with Gasteiger partial charge >= 0.3 is 6.18 Å². The third kappa shape index (κ3) is 4.97. The third-order valence-corrected chi connectivity index (χ3v) is 4.56. The molecule has 1 aliphatic rings. The number of benzene rings is 1. The van der Waals surface area contributed by atoms with E-state index in [-0.39, 0.29) is 24.3 Å². The van der Waals surface area contributed by atoms with Gasteiger partial charge < -0.3 is 15.0 Å². The molecule has 0 saturated carbocycles. The van der Waals surface area contributed by atoms with Gasteiger partial charge in [0.15, 0.2) is 0 Å². The van der Waals surface area contributed by atoms with Gasteiger partial charge in [0.05, 0.1) is 24.1 Å². The highest BCUT2D eigenvalue weighted by Gasteiger charge is 2.36. The van der Waals surface area contributed by atoms with Crippen LogP contribution in [0.1, 0.15) is 36.9 Å². The highest BCUT2D eigenvalue weighted by atomic mass is 19.4. The van der Waals surface area contributed by atoms with Crippen LogP contribution in [0, 0.1) is 5.92 Å². The number of carbonyl (C=O) groups excluding carboxylic acids is 2. The quantitative estimate of drug-likeness (QED) is 0.809. The van der Waals surface area contributed by atoms with Crippen LogP contribution in [0.2, 0.25) is 0 Å². The topological polar surface area (TPSA) is 58.6 Å². The van der Waals surface area contributed by atoms with Crippen molar-refractivity contribution < 1.29 is 27.5 Å². The summed E-state index contributed by atoms with van der Waals surface area (Å²) in [5.41, 5.74) is -0.300. The molecule has 1 aromatic carbocycles. The van der Waals surface area contributed by atoms with E-state index >= 15 is 0 Å². The lowest BCUT2D eigenvalue weighted by Gasteiger charge is -2.39. The Kier molecular flexibility index (Phi) is 6.63. The smallest absolute Gasteiger partial charge is 0.383 e. The Hall–Kier alpha value is -2.09. The minimum atomic E-state index is -4.44. The number of nitrogens with zero attached hydrogens (tertiary/aromatic N) is 1. The highest BCUT2D eigenvalue weighted by Crippen LogP contribution is 2.36. The molecular weight excluding hydrogens is 349 g/mol. The van der Waals surface area contributed by atoms with Gasteiger partial charge in [0.25, 0.3) is 0 Å². The minimum Gasteiger partial charge on any atom is -0.383 e. The molecule has 8 heteroatoms. The molecule has 1 aromatic rings. The predicted molar refractivity (Wildman–Crippen MR) is 89.2 cm³/mol. The van der Waals surface area contributed by atoms with Gasteiger partial charge in [0.2, 0.25) is 11.8 Å². The second-order valence-corrected chi connectivity index (χ2v) is 6.37. The Labute approximate surface area is 150 Å². The molecule has 1 aliphatic heterocycles. The lowest BCUT2D eigenvalue weighted by Crippen LogP contribution is -2.46. The van der Waals surface area contributed by atoms with E-state index in [4.69, 9.17) is 4.74 Å². The van der Waals surface area contributed by atoms with Crippen LogP contribution < -0.4 is 5.32 Å². The van der Waals surface area contributed by atoms with Gasteiger partial charge in [0.1, 0.15) is 0 Å². The average molecular weight is 372 g/mol. The van der Waals surface area contributed by atoms with Crippen LogP contribution in [0.3, 0.4) is 0 Å². The summed E-state index contributed by atoms with van der Waals surface area (Å²) in [6.07, 6.45) is -3.50. The number of likely N-dealkylation sites (tertiary alicyclic amines) is 1. The highest BCUT2D eigenvalue weighted by molar-refractivity contribution is 5.81. The molecule has 1 saturated heterocycles. The van der Waals surface area contributed by atoms with E-state index in [1.807, 2.05) is 0 Å². The second-order valence-electron chi connectivity index (χ2n) is 6.37. The molecular formula is C18H23F3N2O3. The first-order valence-electron chi connectivity index (χ1n) is 8.45. The van der Waals surface area contributed by atoms with E-state index < -0.39 is 17.8 Å². The molecule has 2 rings (SSSR count). The molecule has 144 valence electrons. The molecule has 0 bridgehead atoms. The summed E-state index contributed by atoms with van der Waals surface area (Å²) in [6, 6.07) is 4.57. The van der Waals surface area contributed by atoms with Crippen LogP contribution in [0.5, 0.6) is 0 Å². The average Bonchev–Trinajstić information content (AvgIpc) is 2.60. The van der Waals surface area contributed by atoms with Crippen LogP contribution in [0.25, 0.3) is 0 Å². The number of rotatable bonds is 5. The van der Waals surface area contributed by atoms with Crippen molar-refractivity contribution in [2.75, 3.05) is 26.8 Å². The van der Waals surface area contributed by atoms with Gasteiger partial charge in [-0.15, -0.1) is 0 Å². The molecule has 1 heterocycles. The Balaban J connectivity index is 2.14. The van der Waals surface area contributed by atoms with E-state index in [0.717, 1.165) is 12.1 Å². The lowest BCUT2D eigenvalue weighted by atomic mass is 9.87. The van der Waals surface area contributed by atoms with Crippen molar-refractivity contribution in [2.45, 2.75) is 32.0 Å². The summed E-state index contributed by atoms with van der Waals surface area (Å²) in [6.45, 7) is 2.32. The summed E-state index contributed by atoms with van der Waals surface area (Å²) in [4.78, 5) is 25.7. The summed E-state index contributed by atoms with van der Waals surface area (Å²) in [5.74, 6) is -0.810. The van der Waals surface area contributed by atoms with Crippen molar-refractivity contribution in [3.8, 4) is 0 Å². The zero-order chi connectivity index (χ0) is 19.3. The second kappa shape index (κ2) is 8.53. The largest absolute Gasteiger partial charge is 0.416 e. The Morgan fingerprint density at radius 1 is 1.31 bits per heavy atom. The van der Waals surface area contributed by atoms with Crippen molar-refractivity contribution in [1.29, 1.82) is 0 Å². The summed E-state index contributed by atoms with van der Waals surface area (Å²) >= 11 is 0. The number of ether oxygens (including phenoxy) is 1. The van der Waals surface area contributed by atoms with Gasteiger partial charge in [-0.25, -0.2) is 0 Å². The van der Waals surface area contributed by atoms with E-state index in [1.165, 1.54) is 25.0 Å². The molecule has 2 amide bonds. The Morgan fingerprint density at radius 2 is 2.04 bits per heavy atom. The zero-order valence-corrected chi connectivity index (χ0v) is 14.8. The van der Waals surface area contributed by atoms with Gasteiger partial charge in [-0.05, 0) is 30.5 Å². The molecule has 1 fully saturated rings. The van der Waals surface area contributed by atoms with Gasteiger partial charge in [-0.1, -0.05) is 12.1 Å². The monoisotopic (exact) mass is 372 g/mol. The normalized spacial score (nSPS) is 20.7. The molecule has 0 spiro atoms. The third-order valence-electron chi connectivity index (χ3n) is 4.56. The van der Waals surface area contributed by atoms with Crippen molar-refractivity contribution in [3.63, 3.8) is 0 Å². The van der Waals surface area contributed by atoms with Crippen LogP contribution in [-0.4, -0.2) is 43.5 Å². The summed E-state index contributed by atoms with van der Waals surface area (Å²) < 4.78 is 43.8. The number of hydrogen-bond donors (Lipinski definition) is 1. The van der Waals surface area contributed by atoms with E-state index in [9.17, 15) is 22.8 Å². The van der Waals surface area contributed by atoms with Crippen LogP contribution in [-0.2, 0) is 20.5 Å². The molecule has 0 unspecified atom stereocenters. The number of carbonyl (C=O) groups is 2. The summed E-state index contributed by atoms with van der Waals surface area (Å²) in [7, 11) is 1.53. The number of halogens is 3. The number of amides is 2. The van der Waals surface area contributed by atoms with Gasteiger partial charge in [-0.2, -0.15) is 13.2 Å². The molecule has 26 heavy (non-hydrogen) atoms. The first-order valence-corrected chi connectivity index (χ1v) is 8.45. The number of nitrogens with one attached hydrogen (secondary N) is 1. The van der Waals surface area contributed by atoms with E-state index in [0.29, 0.717) is 31.6 Å². The Bertz CT molecular complexity index is 649. The van der Waals surface area contributed by atoms with Crippen molar-refractivity contribution in [1.82, 2.24) is 10.2 Å². The van der Waals surface area contributed by atoms with Crippen LogP contribution >= 0.6 is 0 Å². The molecule has 0 radical (unpaired) electrons. The van der Waals surface area contributed by atoms with Gasteiger partial charge in [0, 0.05) is 27.1 Å². The molecule has 5 nitrogen and oxygen atoms in total. The number of alkyl halides is 3. The van der Waals surface area contributed by atoms with Crippen LogP contribution in [0.15, 0.2) is 24.3 Å². The molecule has 1 N–H and O–H groups in total. The van der Waals surface area contributed by atoms with Crippen molar-refractivity contribution >= 4 is 11.8 Å². The van der Waals surface area contributed by atoms with Gasteiger partial charge in [-0.3, -0.25) is 9.59 Å². The lowest BCUT2D eigenvalue weighted by molar-refractivity contribution is -0.137. The fourth-order valence-electron chi connectivity index (χ4n) is 3.22. The molecule has 2 atom stereocenters. The summed E-state index contributed by atoms with van der Waals surface area (Å²) in [5, 5.41) is 2.75. The number of piperidine rings is 1. The zero-order valence-electron chi connectivity index (χ0n) is 14.8. The number of methoxy groups -OCH3 is 1. The van der Waals surface area contributed by atoms with Crippen molar-refractivity contribution in [3.05, 3.63) is 35.4 Å². The fraction of sp³-hybridized carbons (Fsp3) is 0.556. The first kappa shape index (κ1) is 20.2. The van der Waals surface area contributed by atoms with E-state index in [2.05, 4.69) is 5.32 Å². The van der Waals surface area contributed by atoms with E-state index in [1.54, 1.807) is 6.07 Å².